The second-order valence-corrected chi connectivity index (χ2v) is 5.49. The van der Waals surface area contributed by atoms with Crippen molar-refractivity contribution in [3.63, 3.8) is 0 Å². The van der Waals surface area contributed by atoms with E-state index >= 15 is 0 Å². The zero-order chi connectivity index (χ0) is 12.7. The van der Waals surface area contributed by atoms with Gasteiger partial charge in [-0.2, -0.15) is 0 Å². The maximum absolute atomic E-state index is 11.9. The second kappa shape index (κ2) is 7.64. The van der Waals surface area contributed by atoms with Crippen molar-refractivity contribution in [3.05, 3.63) is 0 Å². The smallest absolute Gasteiger partial charge is 0.220 e. The Labute approximate surface area is 110 Å². The lowest BCUT2D eigenvalue weighted by molar-refractivity contribution is -0.122. The Kier molecular flexibility index (Phi) is 6.48. The van der Waals surface area contributed by atoms with Gasteiger partial charge >= 0.3 is 0 Å². The predicted molar refractivity (Wildman–Crippen MR) is 74.8 cm³/mol. The molecule has 0 aromatic carbocycles. The highest BCUT2D eigenvalue weighted by Gasteiger charge is 2.19. The number of hydrogen-bond donors (Lipinski definition) is 2. The summed E-state index contributed by atoms with van der Waals surface area (Å²) in [6.45, 7) is 2.07. The van der Waals surface area contributed by atoms with Crippen LogP contribution in [0.4, 0.5) is 0 Å². The molecule has 1 fully saturated rings. The summed E-state index contributed by atoms with van der Waals surface area (Å²) in [6.07, 6.45) is 8.71. The van der Waals surface area contributed by atoms with Crippen molar-refractivity contribution in [3.8, 4) is 0 Å². The number of carbonyl (C=O) groups is 1. The van der Waals surface area contributed by atoms with E-state index in [2.05, 4.69) is 12.2 Å². The monoisotopic (exact) mass is 256 g/mol. The fraction of sp³-hybridized carbons (Fsp3) is 0.846. The van der Waals surface area contributed by atoms with Crippen LogP contribution >= 0.6 is 12.2 Å². The minimum atomic E-state index is -0.119. The van der Waals surface area contributed by atoms with E-state index in [-0.39, 0.29) is 11.9 Å². The van der Waals surface area contributed by atoms with Crippen molar-refractivity contribution in [2.45, 2.75) is 64.3 Å². The normalized spacial score (nSPS) is 18.6. The van der Waals surface area contributed by atoms with E-state index in [1.54, 1.807) is 0 Å². The summed E-state index contributed by atoms with van der Waals surface area (Å²) in [5.41, 5.74) is 5.62. The van der Waals surface area contributed by atoms with Crippen LogP contribution in [0, 0.1) is 5.92 Å². The maximum Gasteiger partial charge on any atom is 0.220 e. The maximum atomic E-state index is 11.9. The second-order valence-electron chi connectivity index (χ2n) is 5.02. The highest BCUT2D eigenvalue weighted by Crippen LogP contribution is 2.26. The molecule has 0 aliphatic heterocycles. The minimum Gasteiger partial charge on any atom is -0.392 e. The molecule has 1 rings (SSSR count). The highest BCUT2D eigenvalue weighted by atomic mass is 32.1. The van der Waals surface area contributed by atoms with Gasteiger partial charge in [-0.25, -0.2) is 0 Å². The third-order valence-electron chi connectivity index (χ3n) is 3.45. The first kappa shape index (κ1) is 14.4. The molecule has 4 heteroatoms. The van der Waals surface area contributed by atoms with Crippen molar-refractivity contribution in [2.24, 2.45) is 11.7 Å². The molecule has 0 heterocycles. The van der Waals surface area contributed by atoms with Gasteiger partial charge in [0.05, 0.1) is 11.0 Å². The molecule has 0 saturated heterocycles. The number of thiocarbonyl (C=S) groups is 1. The Morgan fingerprint density at radius 1 is 1.41 bits per heavy atom. The van der Waals surface area contributed by atoms with Gasteiger partial charge in [-0.05, 0) is 25.2 Å². The van der Waals surface area contributed by atoms with E-state index < -0.39 is 0 Å². The molecule has 1 aliphatic carbocycles. The zero-order valence-electron chi connectivity index (χ0n) is 10.7. The van der Waals surface area contributed by atoms with E-state index in [1.807, 2.05) is 0 Å². The van der Waals surface area contributed by atoms with Gasteiger partial charge < -0.3 is 11.1 Å². The molecule has 1 atom stereocenters. The van der Waals surface area contributed by atoms with E-state index in [1.165, 1.54) is 32.1 Å². The average molecular weight is 256 g/mol. The number of rotatable bonds is 6. The van der Waals surface area contributed by atoms with Crippen LogP contribution in [0.1, 0.15) is 58.3 Å². The Hall–Kier alpha value is -0.640. The lowest BCUT2D eigenvalue weighted by atomic mass is 9.87. The van der Waals surface area contributed by atoms with Crippen LogP contribution in [0.25, 0.3) is 0 Å². The number of nitrogens with two attached hydrogens (primary N) is 1. The first-order chi connectivity index (χ1) is 8.13. The molecule has 1 unspecified atom stereocenters. The molecule has 0 radical (unpaired) electrons. The van der Waals surface area contributed by atoms with Crippen molar-refractivity contribution in [1.82, 2.24) is 5.32 Å². The summed E-state index contributed by atoms with van der Waals surface area (Å²) < 4.78 is 0. The molecule has 0 aromatic rings. The molecule has 3 N–H and O–H groups in total. The minimum absolute atomic E-state index is 0.114. The molecule has 0 spiro atoms. The lowest BCUT2D eigenvalue weighted by Crippen LogP contribution is -2.43. The van der Waals surface area contributed by atoms with E-state index in [0.29, 0.717) is 17.3 Å². The summed E-state index contributed by atoms with van der Waals surface area (Å²) in [7, 11) is 0. The number of hydrogen-bond acceptors (Lipinski definition) is 2. The fourth-order valence-corrected chi connectivity index (χ4v) is 2.66. The quantitative estimate of drug-likeness (QED) is 0.718. The van der Waals surface area contributed by atoms with Crippen LogP contribution < -0.4 is 11.1 Å². The predicted octanol–water partition coefficient (Wildman–Crippen LogP) is 2.53. The van der Waals surface area contributed by atoms with E-state index in [0.717, 1.165) is 12.8 Å². The first-order valence-corrected chi connectivity index (χ1v) is 7.13. The Balaban J connectivity index is 2.33. The average Bonchev–Trinajstić information content (AvgIpc) is 2.29. The Bertz CT molecular complexity index is 262. The third kappa shape index (κ3) is 5.48. The Morgan fingerprint density at radius 2 is 2.06 bits per heavy atom. The molecule has 0 bridgehead atoms. The number of amides is 1. The molecule has 0 aromatic heterocycles. The Morgan fingerprint density at radius 3 is 2.59 bits per heavy atom. The summed E-state index contributed by atoms with van der Waals surface area (Å²) in [5, 5.41) is 2.96. The fourth-order valence-electron chi connectivity index (χ4n) is 2.48. The van der Waals surface area contributed by atoms with E-state index in [4.69, 9.17) is 18.0 Å². The SMILES string of the molecule is CCCC(NC(=O)CC1CCCCC1)C(N)=S. The number of nitrogens with one attached hydrogen (secondary N) is 1. The summed E-state index contributed by atoms with van der Waals surface area (Å²) in [4.78, 5) is 12.3. The van der Waals surface area contributed by atoms with Gasteiger partial charge in [0.15, 0.2) is 0 Å². The van der Waals surface area contributed by atoms with Crippen LogP contribution in [0.3, 0.4) is 0 Å². The van der Waals surface area contributed by atoms with Gasteiger partial charge in [0, 0.05) is 6.42 Å². The van der Waals surface area contributed by atoms with Gasteiger partial charge in [0.25, 0.3) is 0 Å². The first-order valence-electron chi connectivity index (χ1n) is 6.72. The summed E-state index contributed by atoms with van der Waals surface area (Å²) >= 11 is 4.97. The summed E-state index contributed by atoms with van der Waals surface area (Å²) in [5.74, 6) is 0.681. The van der Waals surface area contributed by atoms with Crippen LogP contribution in [-0.2, 0) is 4.79 Å². The van der Waals surface area contributed by atoms with Crippen molar-refractivity contribution < 1.29 is 4.79 Å². The highest BCUT2D eigenvalue weighted by molar-refractivity contribution is 7.80. The van der Waals surface area contributed by atoms with Crippen molar-refractivity contribution in [2.75, 3.05) is 0 Å². The lowest BCUT2D eigenvalue weighted by Gasteiger charge is -2.23. The summed E-state index contributed by atoms with van der Waals surface area (Å²) in [6, 6.07) is -0.119. The van der Waals surface area contributed by atoms with Crippen molar-refractivity contribution in [1.29, 1.82) is 0 Å². The molecule has 1 amide bonds. The zero-order valence-corrected chi connectivity index (χ0v) is 11.5. The topological polar surface area (TPSA) is 55.1 Å². The van der Waals surface area contributed by atoms with Gasteiger partial charge in [0.1, 0.15) is 0 Å². The molecule has 3 nitrogen and oxygen atoms in total. The van der Waals surface area contributed by atoms with Crippen molar-refractivity contribution >= 4 is 23.1 Å². The third-order valence-corrected chi connectivity index (χ3v) is 3.74. The number of carbonyl (C=O) groups excluding carboxylic acids is 1. The van der Waals surface area contributed by atoms with Gasteiger partial charge in [-0.15, -0.1) is 0 Å². The van der Waals surface area contributed by atoms with Crippen LogP contribution in [0.5, 0.6) is 0 Å². The largest absolute Gasteiger partial charge is 0.392 e. The van der Waals surface area contributed by atoms with Gasteiger partial charge in [0.2, 0.25) is 5.91 Å². The van der Waals surface area contributed by atoms with E-state index in [9.17, 15) is 4.79 Å². The van der Waals surface area contributed by atoms with Gasteiger partial charge in [-0.1, -0.05) is 44.8 Å². The molecule has 1 aliphatic rings. The molecule has 1 saturated carbocycles. The van der Waals surface area contributed by atoms with Gasteiger partial charge in [-0.3, -0.25) is 4.79 Å². The standard InChI is InChI=1S/C13H24N2OS/c1-2-6-11(13(14)17)15-12(16)9-10-7-4-3-5-8-10/h10-11H,2-9H2,1H3,(H2,14,17)(H,15,16). The molecule has 98 valence electrons. The molecular weight excluding hydrogens is 232 g/mol. The van der Waals surface area contributed by atoms with Crippen LogP contribution in [0.15, 0.2) is 0 Å². The van der Waals surface area contributed by atoms with Crippen LogP contribution in [-0.4, -0.2) is 16.9 Å². The molecular formula is C13H24N2OS. The molecule has 17 heavy (non-hydrogen) atoms. The van der Waals surface area contributed by atoms with Crippen LogP contribution in [0.2, 0.25) is 0 Å².